The van der Waals surface area contributed by atoms with Crippen molar-refractivity contribution < 1.29 is 0 Å². The Morgan fingerprint density at radius 1 is 1.25 bits per heavy atom. The summed E-state index contributed by atoms with van der Waals surface area (Å²) in [6.45, 7) is 0. The highest BCUT2D eigenvalue weighted by Gasteiger charge is 2.07. The van der Waals surface area contributed by atoms with E-state index in [1.54, 1.807) is 11.8 Å². The minimum absolute atomic E-state index is 0.897. The van der Waals surface area contributed by atoms with Crippen molar-refractivity contribution in [3.05, 3.63) is 24.3 Å². The summed E-state index contributed by atoms with van der Waals surface area (Å²) in [5.74, 6) is 0. The fourth-order valence-electron chi connectivity index (χ4n) is 1.03. The molecule has 0 aliphatic carbocycles. The average molecular weight is 179 g/mol. The van der Waals surface area contributed by atoms with Crippen molar-refractivity contribution in [3.8, 4) is 0 Å². The molecule has 1 aliphatic heterocycles. The molecule has 12 heavy (non-hydrogen) atoms. The van der Waals surface area contributed by atoms with Gasteiger partial charge in [0.15, 0.2) is 5.17 Å². The second-order valence-electron chi connectivity index (χ2n) is 2.39. The molecular formula is C8H9N3S. The van der Waals surface area contributed by atoms with Gasteiger partial charge in [0.2, 0.25) is 0 Å². The molecule has 0 saturated heterocycles. The van der Waals surface area contributed by atoms with Gasteiger partial charge in [0, 0.05) is 0 Å². The van der Waals surface area contributed by atoms with Gasteiger partial charge in [0.1, 0.15) is 0 Å². The van der Waals surface area contributed by atoms with Crippen LogP contribution in [0.4, 0.5) is 11.4 Å². The summed E-state index contributed by atoms with van der Waals surface area (Å²) in [7, 11) is 0. The zero-order chi connectivity index (χ0) is 8.39. The summed E-state index contributed by atoms with van der Waals surface area (Å²) in [6.07, 6.45) is 1.99. The molecular weight excluding hydrogens is 170 g/mol. The lowest BCUT2D eigenvalue weighted by Crippen LogP contribution is -2.29. The molecule has 1 heterocycles. The first-order chi connectivity index (χ1) is 5.90. The molecule has 0 bridgehead atoms. The van der Waals surface area contributed by atoms with Crippen molar-refractivity contribution in [1.82, 2.24) is 5.43 Å². The molecule has 3 nitrogen and oxygen atoms in total. The number of amidine groups is 1. The molecule has 1 aromatic carbocycles. The first-order valence-electron chi connectivity index (χ1n) is 3.64. The van der Waals surface area contributed by atoms with Crippen LogP contribution in [0.3, 0.4) is 0 Å². The largest absolute Gasteiger partial charge is 0.297 e. The van der Waals surface area contributed by atoms with Gasteiger partial charge in [-0.25, -0.2) is 4.99 Å². The van der Waals surface area contributed by atoms with Crippen molar-refractivity contribution in [2.45, 2.75) is 0 Å². The zero-order valence-electron chi connectivity index (χ0n) is 6.66. The van der Waals surface area contributed by atoms with E-state index >= 15 is 0 Å². The number of nitrogens with one attached hydrogen (secondary N) is 2. The predicted octanol–water partition coefficient (Wildman–Crippen LogP) is 1.97. The van der Waals surface area contributed by atoms with Crippen molar-refractivity contribution >= 4 is 28.3 Å². The number of benzene rings is 1. The number of aliphatic imine (C=N–C) groups is 1. The monoisotopic (exact) mass is 179 g/mol. The van der Waals surface area contributed by atoms with Crippen LogP contribution in [-0.4, -0.2) is 11.4 Å². The number of thioether (sulfide) groups is 1. The quantitative estimate of drug-likeness (QED) is 0.639. The first-order valence-corrected chi connectivity index (χ1v) is 4.86. The Bertz CT molecular complexity index is 322. The Morgan fingerprint density at radius 3 is 2.92 bits per heavy atom. The van der Waals surface area contributed by atoms with Crippen molar-refractivity contribution in [2.24, 2.45) is 4.99 Å². The van der Waals surface area contributed by atoms with E-state index in [-0.39, 0.29) is 0 Å². The van der Waals surface area contributed by atoms with E-state index in [0.717, 1.165) is 16.5 Å². The first kappa shape index (κ1) is 7.49. The molecule has 0 saturated carbocycles. The maximum atomic E-state index is 4.37. The van der Waals surface area contributed by atoms with Gasteiger partial charge in [0.25, 0.3) is 0 Å². The number of fused-ring (bicyclic) bond motifs is 1. The van der Waals surface area contributed by atoms with Gasteiger partial charge in [-0.3, -0.25) is 10.9 Å². The molecule has 0 fully saturated rings. The Kier molecular flexibility index (Phi) is 1.91. The molecule has 0 unspecified atom stereocenters. The van der Waals surface area contributed by atoms with Crippen molar-refractivity contribution in [2.75, 3.05) is 11.7 Å². The third kappa shape index (κ3) is 1.25. The van der Waals surface area contributed by atoms with Crippen LogP contribution in [0.2, 0.25) is 0 Å². The highest BCUT2D eigenvalue weighted by molar-refractivity contribution is 8.13. The second kappa shape index (κ2) is 3.06. The van der Waals surface area contributed by atoms with Crippen LogP contribution >= 0.6 is 11.8 Å². The molecule has 0 atom stereocenters. The van der Waals surface area contributed by atoms with E-state index < -0.39 is 0 Å². The zero-order valence-corrected chi connectivity index (χ0v) is 7.48. The van der Waals surface area contributed by atoms with Gasteiger partial charge in [-0.2, -0.15) is 0 Å². The van der Waals surface area contributed by atoms with Crippen LogP contribution in [-0.2, 0) is 0 Å². The van der Waals surface area contributed by atoms with E-state index in [0.29, 0.717) is 0 Å². The Balaban J connectivity index is 2.41. The fraction of sp³-hybridized carbons (Fsp3) is 0.125. The minimum Gasteiger partial charge on any atom is -0.297 e. The number of rotatable bonds is 0. The summed E-state index contributed by atoms with van der Waals surface area (Å²) >= 11 is 1.59. The summed E-state index contributed by atoms with van der Waals surface area (Å²) in [6, 6.07) is 7.93. The van der Waals surface area contributed by atoms with Gasteiger partial charge in [0.05, 0.1) is 11.4 Å². The average Bonchev–Trinajstić information content (AvgIpc) is 2.17. The fourth-order valence-corrected chi connectivity index (χ4v) is 1.37. The van der Waals surface area contributed by atoms with Gasteiger partial charge >= 0.3 is 0 Å². The minimum atomic E-state index is 0.897. The summed E-state index contributed by atoms with van der Waals surface area (Å²) in [4.78, 5) is 4.37. The molecule has 2 N–H and O–H groups in total. The van der Waals surface area contributed by atoms with E-state index in [2.05, 4.69) is 15.8 Å². The standard InChI is InChI=1S/C8H9N3S/c1-12-8-9-6-4-2-3-5-7(6)10-11-8/h2-5,10H,1H3,(H,9,11). The molecule has 4 heteroatoms. The molecule has 0 spiro atoms. The summed E-state index contributed by atoms with van der Waals surface area (Å²) < 4.78 is 0. The van der Waals surface area contributed by atoms with Crippen molar-refractivity contribution in [1.29, 1.82) is 0 Å². The SMILES string of the molecule is CSC1=Nc2ccccc2NN1. The number of hydrogen-bond acceptors (Lipinski definition) is 4. The molecule has 0 aromatic heterocycles. The summed E-state index contributed by atoms with van der Waals surface area (Å²) in [5.41, 5.74) is 8.06. The molecule has 0 radical (unpaired) electrons. The Hall–Kier alpha value is -1.16. The molecule has 1 aliphatic rings. The smallest absolute Gasteiger partial charge is 0.180 e. The lowest BCUT2D eigenvalue weighted by Gasteiger charge is -2.17. The second-order valence-corrected chi connectivity index (χ2v) is 3.18. The van der Waals surface area contributed by atoms with Crippen LogP contribution in [0.25, 0.3) is 0 Å². The molecule has 62 valence electrons. The normalized spacial score (nSPS) is 13.9. The number of hydrazine groups is 1. The van der Waals surface area contributed by atoms with Crippen LogP contribution < -0.4 is 10.9 Å². The van der Waals surface area contributed by atoms with Gasteiger partial charge in [-0.05, 0) is 18.4 Å². The molecule has 1 aromatic rings. The van der Waals surface area contributed by atoms with E-state index in [9.17, 15) is 0 Å². The van der Waals surface area contributed by atoms with E-state index in [1.807, 2.05) is 30.5 Å². The van der Waals surface area contributed by atoms with Gasteiger partial charge in [-0.1, -0.05) is 23.9 Å². The van der Waals surface area contributed by atoms with Gasteiger partial charge in [-0.15, -0.1) is 0 Å². The van der Waals surface area contributed by atoms with E-state index in [1.165, 1.54) is 0 Å². The van der Waals surface area contributed by atoms with Crippen LogP contribution in [0.15, 0.2) is 29.3 Å². The van der Waals surface area contributed by atoms with Gasteiger partial charge < -0.3 is 0 Å². The Labute approximate surface area is 75.2 Å². The number of para-hydroxylation sites is 2. The Morgan fingerprint density at radius 2 is 2.08 bits per heavy atom. The van der Waals surface area contributed by atoms with Crippen molar-refractivity contribution in [3.63, 3.8) is 0 Å². The number of hydrogen-bond donors (Lipinski definition) is 2. The predicted molar refractivity (Wildman–Crippen MR) is 53.8 cm³/mol. The maximum absolute atomic E-state index is 4.37. The third-order valence-corrected chi connectivity index (χ3v) is 2.20. The number of nitrogens with zero attached hydrogens (tertiary/aromatic N) is 1. The third-order valence-electron chi connectivity index (χ3n) is 1.62. The molecule has 2 rings (SSSR count). The number of anilines is 1. The lowest BCUT2D eigenvalue weighted by atomic mass is 10.3. The molecule has 0 amide bonds. The highest BCUT2D eigenvalue weighted by atomic mass is 32.2. The van der Waals surface area contributed by atoms with Crippen LogP contribution in [0.1, 0.15) is 0 Å². The van der Waals surface area contributed by atoms with E-state index in [4.69, 9.17) is 0 Å². The highest BCUT2D eigenvalue weighted by Crippen LogP contribution is 2.26. The topological polar surface area (TPSA) is 36.4 Å². The summed E-state index contributed by atoms with van der Waals surface area (Å²) in [5, 5.41) is 0.897. The lowest BCUT2D eigenvalue weighted by molar-refractivity contribution is 1.11. The maximum Gasteiger partial charge on any atom is 0.180 e. The van der Waals surface area contributed by atoms with Crippen LogP contribution in [0.5, 0.6) is 0 Å². The van der Waals surface area contributed by atoms with Crippen LogP contribution in [0, 0.1) is 0 Å².